The molecule has 2 aliphatic heterocycles. The van der Waals surface area contributed by atoms with Crippen molar-refractivity contribution in [2.45, 2.75) is 61.9 Å². The van der Waals surface area contributed by atoms with Crippen LogP contribution in [0.4, 0.5) is 0 Å². The number of hydrogen-bond acceptors (Lipinski definition) is 21. The van der Waals surface area contributed by atoms with Crippen molar-refractivity contribution in [3.63, 3.8) is 0 Å². The van der Waals surface area contributed by atoms with Crippen LogP contribution in [-0.2, 0) is 9.47 Å². The molecule has 0 unspecified atom stereocenters. The van der Waals surface area contributed by atoms with Crippen molar-refractivity contribution in [1.29, 1.82) is 0 Å². The van der Waals surface area contributed by atoms with Crippen LogP contribution >= 0.6 is 0 Å². The lowest BCUT2D eigenvalue weighted by molar-refractivity contribution is -0.232. The Morgan fingerprint density at radius 3 is 1.56 bits per heavy atom. The first kappa shape index (κ1) is 47.3. The zero-order chi connectivity index (χ0) is 48.0. The van der Waals surface area contributed by atoms with Crippen molar-refractivity contribution in [3.05, 3.63) is 92.2 Å². The fraction of sp³-hybridized carbons (Fsp3) is 0.333. The lowest BCUT2D eigenvalue weighted by atomic mass is 9.84. The molecule has 0 amide bonds. The highest BCUT2D eigenvalue weighted by Gasteiger charge is 2.47. The van der Waals surface area contributed by atoms with Crippen LogP contribution in [0.1, 0.15) is 30.3 Å². The molecule has 0 aliphatic carbocycles. The van der Waals surface area contributed by atoms with Crippen LogP contribution in [-0.4, -0.2) is 137 Å². The summed E-state index contributed by atoms with van der Waals surface area (Å²) in [6.45, 7) is 0.390. The molecule has 2 aromatic heterocycles. The molecule has 4 aromatic carbocycles. The molecular formula is C45H46O21. The largest absolute Gasteiger partial charge is 0.507 e. The molecule has 4 heterocycles. The van der Waals surface area contributed by atoms with Gasteiger partial charge in [0.15, 0.2) is 39.4 Å². The van der Waals surface area contributed by atoms with Gasteiger partial charge in [-0.1, -0.05) is 6.92 Å². The van der Waals surface area contributed by atoms with Crippen LogP contribution in [0.25, 0.3) is 44.6 Å². The summed E-state index contributed by atoms with van der Waals surface area (Å²) in [5.74, 6) is -3.29. The molecule has 2 saturated heterocycles. The number of phenols is 6. The van der Waals surface area contributed by atoms with Crippen LogP contribution < -0.4 is 20.3 Å². The molecule has 21 heteroatoms. The summed E-state index contributed by atoms with van der Waals surface area (Å²) in [4.78, 5) is 25.8. The molecule has 0 saturated carbocycles. The van der Waals surface area contributed by atoms with Crippen LogP contribution in [0.2, 0.25) is 0 Å². The van der Waals surface area contributed by atoms with E-state index in [-0.39, 0.29) is 78.7 Å². The molecule has 21 nitrogen and oxygen atoms in total. The van der Waals surface area contributed by atoms with E-state index in [2.05, 4.69) is 0 Å². The maximum atomic E-state index is 12.9. The molecule has 10 atom stereocenters. The fourth-order valence-electron chi connectivity index (χ4n) is 8.02. The minimum Gasteiger partial charge on any atom is -0.507 e. The zero-order valence-electron chi connectivity index (χ0n) is 35.0. The van der Waals surface area contributed by atoms with Gasteiger partial charge in [-0.3, -0.25) is 9.59 Å². The van der Waals surface area contributed by atoms with E-state index in [1.165, 1.54) is 62.8 Å². The molecule has 0 radical (unpaired) electrons. The second kappa shape index (κ2) is 18.7. The lowest BCUT2D eigenvalue weighted by Crippen LogP contribution is -2.55. The third kappa shape index (κ3) is 8.38. The lowest BCUT2D eigenvalue weighted by Gasteiger charge is -2.41. The maximum Gasteiger partial charge on any atom is 0.197 e. The van der Waals surface area contributed by atoms with Gasteiger partial charge in [0, 0.05) is 41.3 Å². The second-order valence-corrected chi connectivity index (χ2v) is 15.7. The Hall–Kier alpha value is -6.66. The highest BCUT2D eigenvalue weighted by atomic mass is 16.6. The Morgan fingerprint density at radius 2 is 1.03 bits per heavy atom. The quantitative estimate of drug-likeness (QED) is 0.0961. The molecule has 2 fully saturated rings. The van der Waals surface area contributed by atoms with E-state index in [4.69, 9.17) is 27.8 Å². The third-order valence-corrected chi connectivity index (χ3v) is 11.7. The molecule has 352 valence electrons. The van der Waals surface area contributed by atoms with Crippen molar-refractivity contribution in [1.82, 2.24) is 0 Å². The summed E-state index contributed by atoms with van der Waals surface area (Å²) in [5.41, 5.74) is -1.04. The molecule has 6 aromatic rings. The Balaban J connectivity index is 0.000000196. The van der Waals surface area contributed by atoms with Gasteiger partial charge in [-0.25, -0.2) is 0 Å². The number of fused-ring (bicyclic) bond motifs is 2. The van der Waals surface area contributed by atoms with Crippen molar-refractivity contribution < 1.29 is 94.2 Å². The average molecular weight is 923 g/mol. The summed E-state index contributed by atoms with van der Waals surface area (Å²) in [5, 5.41) is 131. The van der Waals surface area contributed by atoms with Crippen LogP contribution in [0.3, 0.4) is 0 Å². The van der Waals surface area contributed by atoms with E-state index in [0.717, 1.165) is 12.1 Å². The van der Waals surface area contributed by atoms with Crippen LogP contribution in [0.15, 0.2) is 79.1 Å². The standard InChI is InChI=1S/C23H24O10.C22H22O11/c1-9-20(29)17(8-24)33-23(21(9)30)19-16(31-2)7-14(28)18-13(27)6-15(32-22(18)19)10-3-4-11(25)12(26)5-10;1-31-13-6-14-16(11(26)5-12(32-14)8-2-3-9(24)10(25)4-8)19(28)17(13)22-21(30)20(29)18(27)15(7-23)33-22/h3-7,9,17,20-21,23-26,28-30H,8H2,1-2H3;2-6,15,18,20-25,27-30H,7H2,1H3/t9-,17+,20-,21+,23-;15-,18-,20+,21-,22+/m01/s1. The number of aromatic hydroxyl groups is 6. The van der Waals surface area contributed by atoms with Gasteiger partial charge < -0.3 is 94.2 Å². The van der Waals surface area contributed by atoms with Crippen molar-refractivity contribution in [3.8, 4) is 68.6 Å². The SMILES string of the molecule is COc1cc(O)c2c(=O)cc(-c3ccc(O)c(O)c3)oc2c1[C@@H]1O[C@H](CO)[C@@H](O)[C@H](C)[C@H]1O.COc1cc2oc(-c3ccc(O)c(O)c3)cc(=O)c2c(O)c1[C@@H]1O[C@H](CO)[C@@H](O)[C@H](O)[C@H]1O. The summed E-state index contributed by atoms with van der Waals surface area (Å²) in [7, 11) is 2.58. The van der Waals surface area contributed by atoms with Gasteiger partial charge in [-0.05, 0) is 36.4 Å². The summed E-state index contributed by atoms with van der Waals surface area (Å²) >= 11 is 0. The van der Waals surface area contributed by atoms with Gasteiger partial charge >= 0.3 is 0 Å². The van der Waals surface area contributed by atoms with Gasteiger partial charge in [0.2, 0.25) is 0 Å². The Morgan fingerprint density at radius 1 is 0.530 bits per heavy atom. The average Bonchev–Trinajstić information content (AvgIpc) is 3.29. The van der Waals surface area contributed by atoms with Crippen molar-refractivity contribution >= 4 is 21.9 Å². The Kier molecular flexibility index (Phi) is 13.4. The van der Waals surface area contributed by atoms with E-state index in [9.17, 15) is 76.0 Å². The number of methoxy groups -OCH3 is 2. The topological polar surface area (TPSA) is 360 Å². The molecule has 13 N–H and O–H groups in total. The summed E-state index contributed by atoms with van der Waals surface area (Å²) < 4.78 is 33.7. The third-order valence-electron chi connectivity index (χ3n) is 11.7. The number of aliphatic hydroxyl groups excluding tert-OH is 7. The molecule has 2 aliphatic rings. The summed E-state index contributed by atoms with van der Waals surface area (Å²) in [6, 6.07) is 12.3. The number of benzene rings is 4. The monoisotopic (exact) mass is 922 g/mol. The Bertz CT molecular complexity index is 2870. The predicted molar refractivity (Wildman–Crippen MR) is 228 cm³/mol. The first-order valence-corrected chi connectivity index (χ1v) is 20.1. The molecule has 0 spiro atoms. The van der Waals surface area contributed by atoms with Crippen LogP contribution in [0.5, 0.6) is 46.0 Å². The van der Waals surface area contributed by atoms with E-state index in [1.54, 1.807) is 6.92 Å². The van der Waals surface area contributed by atoms with Gasteiger partial charge in [0.25, 0.3) is 0 Å². The predicted octanol–water partition coefficient (Wildman–Crippen LogP) is 1.48. The summed E-state index contributed by atoms with van der Waals surface area (Å²) in [6.07, 6.45) is -12.3. The Labute approximate surface area is 371 Å². The van der Waals surface area contributed by atoms with E-state index >= 15 is 0 Å². The zero-order valence-corrected chi connectivity index (χ0v) is 35.0. The molecule has 66 heavy (non-hydrogen) atoms. The van der Waals surface area contributed by atoms with E-state index in [1.807, 2.05) is 0 Å². The first-order chi connectivity index (χ1) is 31.3. The smallest absolute Gasteiger partial charge is 0.197 e. The fourth-order valence-corrected chi connectivity index (χ4v) is 8.02. The van der Waals surface area contributed by atoms with E-state index < -0.39 is 108 Å². The minimum atomic E-state index is -1.72. The normalized spacial score (nSPS) is 25.3. The van der Waals surface area contributed by atoms with Crippen LogP contribution in [0, 0.1) is 5.92 Å². The highest BCUT2D eigenvalue weighted by Crippen LogP contribution is 2.47. The number of rotatable bonds is 8. The van der Waals surface area contributed by atoms with Gasteiger partial charge in [-0.2, -0.15) is 0 Å². The highest BCUT2D eigenvalue weighted by molar-refractivity contribution is 5.90. The number of aliphatic hydroxyl groups is 7. The van der Waals surface area contributed by atoms with Crippen molar-refractivity contribution in [2.24, 2.45) is 5.92 Å². The molecule has 8 rings (SSSR count). The number of ether oxygens (including phenoxy) is 4. The maximum absolute atomic E-state index is 12.9. The van der Waals surface area contributed by atoms with E-state index in [0.29, 0.717) is 0 Å². The van der Waals surface area contributed by atoms with Gasteiger partial charge in [0.05, 0.1) is 50.8 Å². The van der Waals surface area contributed by atoms with Gasteiger partial charge in [0.1, 0.15) is 93.6 Å². The first-order valence-electron chi connectivity index (χ1n) is 20.1. The van der Waals surface area contributed by atoms with Gasteiger partial charge in [-0.15, -0.1) is 0 Å². The molecule has 0 bridgehead atoms. The van der Waals surface area contributed by atoms with Crippen molar-refractivity contribution in [2.75, 3.05) is 27.4 Å². The number of phenolic OH excluding ortho intramolecular Hbond substituents is 6. The minimum absolute atomic E-state index is 0.00814. The second-order valence-electron chi connectivity index (χ2n) is 15.7. The molecular weight excluding hydrogens is 876 g/mol. The number of hydrogen-bond donors (Lipinski definition) is 13.